The molecule has 0 aliphatic heterocycles. The van der Waals surface area contributed by atoms with Gasteiger partial charge < -0.3 is 0 Å². The highest BCUT2D eigenvalue weighted by atomic mass is 32.2. The number of rotatable bonds is 8. The minimum atomic E-state index is -3.71. The molecule has 0 heterocycles. The molecule has 0 unspecified atom stereocenters. The van der Waals surface area contributed by atoms with Gasteiger partial charge in [0.05, 0.1) is 4.90 Å². The van der Waals surface area contributed by atoms with Crippen molar-refractivity contribution in [3.05, 3.63) is 30.3 Å². The fourth-order valence-corrected chi connectivity index (χ4v) is 2.78. The zero-order valence-corrected chi connectivity index (χ0v) is 12.1. The van der Waals surface area contributed by atoms with Gasteiger partial charge in [0.1, 0.15) is 0 Å². The van der Waals surface area contributed by atoms with Crippen LogP contribution in [0.4, 0.5) is 0 Å². The summed E-state index contributed by atoms with van der Waals surface area (Å²) in [7, 11) is -3.71. The van der Waals surface area contributed by atoms with Crippen LogP contribution in [0.3, 0.4) is 0 Å². The zero-order chi connectivity index (χ0) is 14.1. The largest absolute Gasteiger partial charge is 0.274 e. The number of nitrogens with one attached hydrogen (secondary N) is 1. The molecule has 0 fully saturated rings. The van der Waals surface area contributed by atoms with E-state index in [-0.39, 0.29) is 11.3 Å². The summed E-state index contributed by atoms with van der Waals surface area (Å²) in [5, 5.41) is 0. The van der Waals surface area contributed by atoms with E-state index in [1.807, 2.05) is 0 Å². The summed E-state index contributed by atoms with van der Waals surface area (Å²) in [5.74, 6) is -0.430. The van der Waals surface area contributed by atoms with Gasteiger partial charge in [0.15, 0.2) is 0 Å². The molecule has 5 heteroatoms. The first kappa shape index (κ1) is 15.7. The minimum Gasteiger partial charge on any atom is -0.274 e. The molecule has 4 nitrogen and oxygen atoms in total. The molecule has 0 aromatic heterocycles. The lowest BCUT2D eigenvalue weighted by atomic mass is 10.1. The number of carbonyl (C=O) groups is 1. The smallest absolute Gasteiger partial charge is 0.264 e. The molecular weight excluding hydrogens is 262 g/mol. The lowest BCUT2D eigenvalue weighted by Gasteiger charge is -2.06. The standard InChI is InChI=1S/C14H21NO3S/c1-2-3-4-5-9-12-14(16)15-19(17,18)13-10-7-6-8-11-13/h6-8,10-11H,2-5,9,12H2,1H3,(H,15,16). The molecular formula is C14H21NO3S. The quantitative estimate of drug-likeness (QED) is 0.746. The Morgan fingerprint density at radius 1 is 1.05 bits per heavy atom. The Morgan fingerprint density at radius 2 is 1.68 bits per heavy atom. The summed E-state index contributed by atoms with van der Waals surface area (Å²) >= 11 is 0. The summed E-state index contributed by atoms with van der Waals surface area (Å²) in [6.45, 7) is 2.12. The minimum absolute atomic E-state index is 0.120. The van der Waals surface area contributed by atoms with Crippen molar-refractivity contribution < 1.29 is 13.2 Å². The van der Waals surface area contributed by atoms with E-state index in [0.29, 0.717) is 0 Å². The molecule has 1 aromatic carbocycles. The predicted octanol–water partition coefficient (Wildman–Crippen LogP) is 2.85. The van der Waals surface area contributed by atoms with Crippen LogP contribution in [0.5, 0.6) is 0 Å². The average Bonchev–Trinajstić information content (AvgIpc) is 2.39. The van der Waals surface area contributed by atoms with Crippen molar-refractivity contribution in [2.45, 2.75) is 50.3 Å². The van der Waals surface area contributed by atoms with Gasteiger partial charge in [0, 0.05) is 6.42 Å². The van der Waals surface area contributed by atoms with Crippen molar-refractivity contribution in [2.24, 2.45) is 0 Å². The van der Waals surface area contributed by atoms with Crippen LogP contribution in [0.25, 0.3) is 0 Å². The second-order valence-electron chi connectivity index (χ2n) is 4.51. The summed E-state index contributed by atoms with van der Waals surface area (Å²) in [6, 6.07) is 7.93. The number of hydrogen-bond acceptors (Lipinski definition) is 3. The van der Waals surface area contributed by atoms with E-state index >= 15 is 0 Å². The average molecular weight is 283 g/mol. The number of unbranched alkanes of at least 4 members (excludes halogenated alkanes) is 4. The summed E-state index contributed by atoms with van der Waals surface area (Å²) in [4.78, 5) is 11.7. The third-order valence-corrected chi connectivity index (χ3v) is 4.20. The third kappa shape index (κ3) is 5.87. The fraction of sp³-hybridized carbons (Fsp3) is 0.500. The van der Waals surface area contributed by atoms with Crippen LogP contribution in [0.2, 0.25) is 0 Å². The molecule has 0 radical (unpaired) electrons. The highest BCUT2D eigenvalue weighted by Crippen LogP contribution is 2.09. The van der Waals surface area contributed by atoms with Crippen molar-refractivity contribution in [1.29, 1.82) is 0 Å². The van der Waals surface area contributed by atoms with Gasteiger partial charge in [-0.1, -0.05) is 50.8 Å². The molecule has 1 amide bonds. The highest BCUT2D eigenvalue weighted by molar-refractivity contribution is 7.90. The Kier molecular flexibility index (Phi) is 6.56. The van der Waals surface area contributed by atoms with Gasteiger partial charge in [-0.25, -0.2) is 13.1 Å². The van der Waals surface area contributed by atoms with E-state index in [2.05, 4.69) is 11.6 Å². The monoisotopic (exact) mass is 283 g/mol. The molecule has 1 rings (SSSR count). The van der Waals surface area contributed by atoms with Crippen molar-refractivity contribution in [2.75, 3.05) is 0 Å². The van der Waals surface area contributed by atoms with E-state index in [1.165, 1.54) is 12.1 Å². The molecule has 0 saturated carbocycles. The predicted molar refractivity (Wildman–Crippen MR) is 75.1 cm³/mol. The first-order valence-corrected chi connectivity index (χ1v) is 8.15. The Labute approximate surface area is 115 Å². The number of benzene rings is 1. The highest BCUT2D eigenvalue weighted by Gasteiger charge is 2.16. The molecule has 0 bridgehead atoms. The Bertz CT molecular complexity index is 483. The van der Waals surface area contributed by atoms with Gasteiger partial charge in [0.25, 0.3) is 10.0 Å². The van der Waals surface area contributed by atoms with Crippen molar-refractivity contribution in [1.82, 2.24) is 4.72 Å². The lowest BCUT2D eigenvalue weighted by molar-refractivity contribution is -0.119. The van der Waals surface area contributed by atoms with Crippen molar-refractivity contribution in [3.8, 4) is 0 Å². The molecule has 106 valence electrons. The molecule has 0 aliphatic rings. The molecule has 0 atom stereocenters. The number of sulfonamides is 1. The van der Waals surface area contributed by atoms with Crippen LogP contribution in [0.1, 0.15) is 45.4 Å². The summed E-state index contributed by atoms with van der Waals surface area (Å²) in [5.41, 5.74) is 0. The molecule has 19 heavy (non-hydrogen) atoms. The van der Waals surface area contributed by atoms with Gasteiger partial charge in [-0.3, -0.25) is 4.79 Å². The first-order valence-electron chi connectivity index (χ1n) is 6.67. The lowest BCUT2D eigenvalue weighted by Crippen LogP contribution is -2.30. The topological polar surface area (TPSA) is 63.2 Å². The molecule has 0 spiro atoms. The maximum Gasteiger partial charge on any atom is 0.264 e. The normalized spacial score (nSPS) is 11.2. The second-order valence-corrected chi connectivity index (χ2v) is 6.19. The van der Waals surface area contributed by atoms with E-state index < -0.39 is 15.9 Å². The van der Waals surface area contributed by atoms with E-state index in [1.54, 1.807) is 18.2 Å². The SMILES string of the molecule is CCCCCCCC(=O)NS(=O)(=O)c1ccccc1. The second kappa shape index (κ2) is 7.94. The summed E-state index contributed by atoms with van der Waals surface area (Å²) < 4.78 is 25.8. The maximum atomic E-state index is 11.8. The van der Waals surface area contributed by atoms with Gasteiger partial charge in [0.2, 0.25) is 5.91 Å². The molecule has 1 aromatic rings. The van der Waals surface area contributed by atoms with Gasteiger partial charge in [-0.05, 0) is 18.6 Å². The Hall–Kier alpha value is -1.36. The summed E-state index contributed by atoms with van der Waals surface area (Å²) in [6.07, 6.45) is 5.35. The maximum absolute atomic E-state index is 11.8. The number of carbonyl (C=O) groups excluding carboxylic acids is 1. The van der Waals surface area contributed by atoms with Crippen LogP contribution < -0.4 is 4.72 Å². The van der Waals surface area contributed by atoms with Gasteiger partial charge in [-0.15, -0.1) is 0 Å². The van der Waals surface area contributed by atoms with E-state index in [9.17, 15) is 13.2 Å². The number of amides is 1. The van der Waals surface area contributed by atoms with E-state index in [0.717, 1.165) is 32.1 Å². The third-order valence-electron chi connectivity index (χ3n) is 2.81. The van der Waals surface area contributed by atoms with Gasteiger partial charge in [-0.2, -0.15) is 0 Å². The van der Waals surface area contributed by atoms with Crippen molar-refractivity contribution >= 4 is 15.9 Å². The molecule has 1 N–H and O–H groups in total. The molecule has 0 aliphatic carbocycles. The number of hydrogen-bond donors (Lipinski definition) is 1. The van der Waals surface area contributed by atoms with Crippen LogP contribution in [-0.2, 0) is 14.8 Å². The Balaban J connectivity index is 2.40. The van der Waals surface area contributed by atoms with E-state index in [4.69, 9.17) is 0 Å². The zero-order valence-electron chi connectivity index (χ0n) is 11.3. The first-order chi connectivity index (χ1) is 9.06. The van der Waals surface area contributed by atoms with Crippen molar-refractivity contribution in [3.63, 3.8) is 0 Å². The van der Waals surface area contributed by atoms with Crippen LogP contribution in [0, 0.1) is 0 Å². The molecule has 0 saturated heterocycles. The van der Waals surface area contributed by atoms with Crippen LogP contribution >= 0.6 is 0 Å². The fourth-order valence-electron chi connectivity index (χ4n) is 1.75. The van der Waals surface area contributed by atoms with Crippen LogP contribution in [-0.4, -0.2) is 14.3 Å². The van der Waals surface area contributed by atoms with Gasteiger partial charge >= 0.3 is 0 Å². The Morgan fingerprint density at radius 3 is 2.32 bits per heavy atom. The van der Waals surface area contributed by atoms with Crippen LogP contribution in [0.15, 0.2) is 35.2 Å².